The van der Waals surface area contributed by atoms with Crippen LogP contribution in [0.5, 0.6) is 0 Å². The molecule has 2 aromatic rings. The minimum Gasteiger partial charge on any atom is -0.322 e. The number of amidine groups is 1. The van der Waals surface area contributed by atoms with Gasteiger partial charge in [-0.1, -0.05) is 30.3 Å². The van der Waals surface area contributed by atoms with E-state index < -0.39 is 0 Å². The van der Waals surface area contributed by atoms with Crippen LogP contribution in [0.15, 0.2) is 59.8 Å². The number of halogens is 1. The maximum absolute atomic E-state index is 13.3. The number of anilines is 1. The third-order valence-electron chi connectivity index (χ3n) is 4.31. The molecular formula is C20H21FN3OS+. The lowest BCUT2D eigenvalue weighted by Crippen LogP contribution is -2.79. The second-order valence-electron chi connectivity index (χ2n) is 6.09. The van der Waals surface area contributed by atoms with E-state index >= 15 is 0 Å². The topological polar surface area (TPSA) is 55.1 Å². The SMILES string of the molecule is CSC1=[NH+]C(c2ccc(F)cc2)C(C(=O)Nc2ccccc2C)=C(C)N1. The van der Waals surface area contributed by atoms with Gasteiger partial charge < -0.3 is 5.32 Å². The molecule has 1 aliphatic heterocycles. The van der Waals surface area contributed by atoms with Crippen molar-refractivity contribution in [3.05, 3.63) is 76.7 Å². The number of hydrogen-bond donors (Lipinski definition) is 3. The number of hydrogen-bond acceptors (Lipinski definition) is 3. The second-order valence-corrected chi connectivity index (χ2v) is 6.91. The fourth-order valence-corrected chi connectivity index (χ4v) is 3.40. The number of rotatable bonds is 3. The van der Waals surface area contributed by atoms with Crippen LogP contribution in [0.4, 0.5) is 10.1 Å². The van der Waals surface area contributed by atoms with E-state index in [1.807, 2.05) is 44.4 Å². The Kier molecular flexibility index (Phi) is 5.42. The highest BCUT2D eigenvalue weighted by molar-refractivity contribution is 8.12. The molecule has 4 nitrogen and oxygen atoms in total. The number of benzene rings is 2. The number of thioether (sulfide) groups is 1. The van der Waals surface area contributed by atoms with E-state index in [0.29, 0.717) is 5.57 Å². The Labute approximate surface area is 156 Å². The highest BCUT2D eigenvalue weighted by Crippen LogP contribution is 2.25. The quantitative estimate of drug-likeness (QED) is 0.778. The number of carbonyl (C=O) groups is 1. The van der Waals surface area contributed by atoms with E-state index in [1.54, 1.807) is 12.1 Å². The van der Waals surface area contributed by atoms with Crippen LogP contribution in [-0.2, 0) is 4.79 Å². The number of allylic oxidation sites excluding steroid dienone is 1. The Hall–Kier alpha value is -2.60. The Balaban J connectivity index is 1.97. The lowest BCUT2D eigenvalue weighted by Gasteiger charge is -2.22. The predicted octanol–water partition coefficient (Wildman–Crippen LogP) is 2.49. The van der Waals surface area contributed by atoms with Gasteiger partial charge in [-0.3, -0.25) is 9.79 Å². The van der Waals surface area contributed by atoms with Crippen LogP contribution in [0.1, 0.15) is 24.1 Å². The Morgan fingerprint density at radius 1 is 1.15 bits per heavy atom. The van der Waals surface area contributed by atoms with Gasteiger partial charge in [0.05, 0.1) is 0 Å². The van der Waals surface area contributed by atoms with E-state index in [0.717, 1.165) is 27.7 Å². The van der Waals surface area contributed by atoms with E-state index in [-0.39, 0.29) is 17.8 Å². The summed E-state index contributed by atoms with van der Waals surface area (Å²) in [6.07, 6.45) is 1.95. The van der Waals surface area contributed by atoms with Gasteiger partial charge in [-0.25, -0.2) is 9.71 Å². The summed E-state index contributed by atoms with van der Waals surface area (Å²) in [6.45, 7) is 3.83. The highest BCUT2D eigenvalue weighted by atomic mass is 32.2. The lowest BCUT2D eigenvalue weighted by atomic mass is 9.95. The summed E-state index contributed by atoms with van der Waals surface area (Å²) in [4.78, 5) is 16.4. The first kappa shape index (κ1) is 18.2. The Bertz CT molecular complexity index is 890. The normalized spacial score (nSPS) is 16.8. The maximum atomic E-state index is 13.3. The molecule has 2 aromatic carbocycles. The lowest BCUT2D eigenvalue weighted by molar-refractivity contribution is -0.498. The van der Waals surface area contributed by atoms with Crippen LogP contribution in [-0.4, -0.2) is 17.3 Å². The molecule has 0 aliphatic carbocycles. The summed E-state index contributed by atoms with van der Waals surface area (Å²) >= 11 is 1.53. The first-order valence-corrected chi connectivity index (χ1v) is 9.49. The molecule has 0 fully saturated rings. The van der Waals surface area contributed by atoms with Gasteiger partial charge in [-0.05, 0) is 55.6 Å². The van der Waals surface area contributed by atoms with Crippen molar-refractivity contribution in [3.63, 3.8) is 0 Å². The monoisotopic (exact) mass is 370 g/mol. The van der Waals surface area contributed by atoms with E-state index in [2.05, 4.69) is 15.6 Å². The molecule has 0 bridgehead atoms. The Morgan fingerprint density at radius 2 is 1.85 bits per heavy atom. The zero-order chi connectivity index (χ0) is 18.7. The fraction of sp³-hybridized carbons (Fsp3) is 0.200. The van der Waals surface area contributed by atoms with Crippen LogP contribution in [0.25, 0.3) is 0 Å². The molecule has 0 saturated carbocycles. The largest absolute Gasteiger partial charge is 0.322 e. The smallest absolute Gasteiger partial charge is 0.309 e. The number of amides is 1. The molecule has 26 heavy (non-hydrogen) atoms. The second kappa shape index (κ2) is 7.74. The molecule has 0 saturated heterocycles. The van der Waals surface area contributed by atoms with E-state index in [4.69, 9.17) is 0 Å². The summed E-state index contributed by atoms with van der Waals surface area (Å²) in [5.74, 6) is -0.491. The molecule has 3 N–H and O–H groups in total. The number of carbonyl (C=O) groups excluding carboxylic acids is 1. The third-order valence-corrected chi connectivity index (χ3v) is 4.94. The zero-order valence-electron chi connectivity index (χ0n) is 14.9. The molecule has 0 spiro atoms. The summed E-state index contributed by atoms with van der Waals surface area (Å²) in [5, 5.41) is 7.06. The first-order chi connectivity index (χ1) is 12.5. The van der Waals surface area contributed by atoms with Gasteiger partial charge in [0.15, 0.2) is 6.04 Å². The molecule has 0 radical (unpaired) electrons. The summed E-state index contributed by atoms with van der Waals surface area (Å²) in [7, 11) is 0. The molecule has 3 rings (SSSR count). The Morgan fingerprint density at radius 3 is 2.50 bits per heavy atom. The van der Waals surface area contributed by atoms with Gasteiger partial charge in [0.2, 0.25) is 0 Å². The van der Waals surface area contributed by atoms with Crippen molar-refractivity contribution < 1.29 is 14.2 Å². The van der Waals surface area contributed by atoms with Gasteiger partial charge in [0.25, 0.3) is 5.91 Å². The molecule has 1 aliphatic rings. The predicted molar refractivity (Wildman–Crippen MR) is 104 cm³/mol. The van der Waals surface area contributed by atoms with Crippen LogP contribution < -0.4 is 15.6 Å². The van der Waals surface area contributed by atoms with Gasteiger partial charge in [0, 0.05) is 11.3 Å². The van der Waals surface area contributed by atoms with Crippen molar-refractivity contribution in [1.29, 1.82) is 0 Å². The average molecular weight is 370 g/mol. The van der Waals surface area contributed by atoms with Gasteiger partial charge in [-0.15, -0.1) is 0 Å². The molecule has 1 amide bonds. The number of para-hydroxylation sites is 1. The van der Waals surface area contributed by atoms with Crippen LogP contribution in [0.3, 0.4) is 0 Å². The molecule has 6 heteroatoms. The average Bonchev–Trinajstić information content (AvgIpc) is 2.63. The highest BCUT2D eigenvalue weighted by Gasteiger charge is 2.33. The summed E-state index contributed by atoms with van der Waals surface area (Å²) < 4.78 is 13.3. The molecular weight excluding hydrogens is 349 g/mol. The van der Waals surface area contributed by atoms with Crippen molar-refractivity contribution in [3.8, 4) is 0 Å². The standard InChI is InChI=1S/C20H20FN3OS/c1-12-6-4-5-7-16(12)23-19(25)17-13(2)22-20(26-3)24-18(17)14-8-10-15(21)11-9-14/h4-11,18H,1-3H3,(H,22,24)(H,23,25)/p+1. The van der Waals surface area contributed by atoms with Crippen molar-refractivity contribution in [2.75, 3.05) is 11.6 Å². The molecule has 1 atom stereocenters. The van der Waals surface area contributed by atoms with Crippen molar-refractivity contribution >= 4 is 28.5 Å². The minimum atomic E-state index is -0.358. The minimum absolute atomic E-state index is 0.189. The summed E-state index contributed by atoms with van der Waals surface area (Å²) in [6, 6.07) is 13.5. The van der Waals surface area contributed by atoms with Gasteiger partial charge >= 0.3 is 5.17 Å². The van der Waals surface area contributed by atoms with Crippen LogP contribution >= 0.6 is 11.8 Å². The molecule has 1 unspecified atom stereocenters. The zero-order valence-corrected chi connectivity index (χ0v) is 15.7. The maximum Gasteiger partial charge on any atom is 0.309 e. The van der Waals surface area contributed by atoms with E-state index in [1.165, 1.54) is 23.9 Å². The number of nitrogens with one attached hydrogen (secondary N) is 3. The van der Waals surface area contributed by atoms with Crippen molar-refractivity contribution in [1.82, 2.24) is 5.32 Å². The summed E-state index contributed by atoms with van der Waals surface area (Å²) in [5.41, 5.74) is 3.95. The first-order valence-electron chi connectivity index (χ1n) is 8.27. The number of aryl methyl sites for hydroxylation is 1. The molecule has 134 valence electrons. The van der Waals surface area contributed by atoms with E-state index in [9.17, 15) is 9.18 Å². The molecule has 0 aromatic heterocycles. The van der Waals surface area contributed by atoms with Crippen LogP contribution in [0, 0.1) is 12.7 Å². The third kappa shape index (κ3) is 3.80. The van der Waals surface area contributed by atoms with Crippen molar-refractivity contribution in [2.45, 2.75) is 19.9 Å². The molecule has 1 heterocycles. The van der Waals surface area contributed by atoms with Crippen molar-refractivity contribution in [2.24, 2.45) is 0 Å². The fourth-order valence-electron chi connectivity index (χ4n) is 2.91. The van der Waals surface area contributed by atoms with Crippen LogP contribution in [0.2, 0.25) is 0 Å². The van der Waals surface area contributed by atoms with Gasteiger partial charge in [0.1, 0.15) is 17.1 Å². The van der Waals surface area contributed by atoms with Gasteiger partial charge in [-0.2, -0.15) is 0 Å².